The lowest BCUT2D eigenvalue weighted by atomic mass is 9.85. The van der Waals surface area contributed by atoms with E-state index in [0.717, 1.165) is 44.4 Å². The number of hydrogen-bond donors (Lipinski definition) is 2. The quantitative estimate of drug-likeness (QED) is 0.422. The summed E-state index contributed by atoms with van der Waals surface area (Å²) >= 11 is 0. The number of rotatable bonds is 8. The molecule has 0 bridgehead atoms. The smallest absolute Gasteiger partial charge is 0.190 e. The van der Waals surface area contributed by atoms with Crippen molar-refractivity contribution < 1.29 is 9.47 Å². The Labute approximate surface area is 158 Å². The second kappa shape index (κ2) is 11.0. The highest BCUT2D eigenvalue weighted by molar-refractivity contribution is 5.79. The van der Waals surface area contributed by atoms with Crippen molar-refractivity contribution in [3.05, 3.63) is 29.8 Å². The minimum absolute atomic E-state index is 0.411. The number of nitrogens with one attached hydrogen (secondary N) is 2. The first kappa shape index (κ1) is 20.5. The van der Waals surface area contributed by atoms with Gasteiger partial charge in [-0.1, -0.05) is 12.1 Å². The molecule has 0 radical (unpaired) electrons. The Balaban J connectivity index is 1.96. The van der Waals surface area contributed by atoms with E-state index in [2.05, 4.69) is 51.8 Å². The molecule has 2 unspecified atom stereocenters. The second-order valence-corrected chi connectivity index (χ2v) is 6.83. The molecule has 2 atom stereocenters. The molecule has 146 valence electrons. The van der Waals surface area contributed by atoms with Crippen LogP contribution in [0.3, 0.4) is 0 Å². The SMILES string of the molecule is CN=C(NCCCOC)NCC1CCCN(C)C1c1ccc(OC)cc1. The second-order valence-electron chi connectivity index (χ2n) is 6.83. The zero-order chi connectivity index (χ0) is 18.8. The van der Waals surface area contributed by atoms with Gasteiger partial charge in [0.1, 0.15) is 5.75 Å². The lowest BCUT2D eigenvalue weighted by molar-refractivity contribution is 0.122. The van der Waals surface area contributed by atoms with E-state index >= 15 is 0 Å². The highest BCUT2D eigenvalue weighted by Crippen LogP contribution is 2.35. The van der Waals surface area contributed by atoms with Crippen LogP contribution in [0.15, 0.2) is 29.3 Å². The summed E-state index contributed by atoms with van der Waals surface area (Å²) < 4.78 is 10.4. The highest BCUT2D eigenvalue weighted by atomic mass is 16.5. The zero-order valence-corrected chi connectivity index (χ0v) is 16.6. The monoisotopic (exact) mass is 362 g/mol. The van der Waals surface area contributed by atoms with Gasteiger partial charge >= 0.3 is 0 Å². The minimum Gasteiger partial charge on any atom is -0.497 e. The zero-order valence-electron chi connectivity index (χ0n) is 16.6. The number of benzene rings is 1. The van der Waals surface area contributed by atoms with Crippen LogP contribution in [0, 0.1) is 5.92 Å². The number of nitrogens with zero attached hydrogens (tertiary/aromatic N) is 2. The van der Waals surface area contributed by atoms with Gasteiger partial charge in [0, 0.05) is 39.9 Å². The minimum atomic E-state index is 0.411. The molecule has 2 N–H and O–H groups in total. The van der Waals surface area contributed by atoms with Crippen LogP contribution in [0.2, 0.25) is 0 Å². The number of hydrogen-bond acceptors (Lipinski definition) is 4. The molecule has 0 spiro atoms. The van der Waals surface area contributed by atoms with Gasteiger partial charge in [-0.05, 0) is 56.5 Å². The third kappa shape index (κ3) is 5.88. The van der Waals surface area contributed by atoms with Crippen molar-refractivity contribution in [2.24, 2.45) is 10.9 Å². The van der Waals surface area contributed by atoms with E-state index in [0.29, 0.717) is 12.0 Å². The predicted octanol–water partition coefficient (Wildman–Crippen LogP) is 2.28. The summed E-state index contributed by atoms with van der Waals surface area (Å²) in [7, 11) is 7.48. The Bertz CT molecular complexity index is 547. The van der Waals surface area contributed by atoms with Gasteiger partial charge in [-0.3, -0.25) is 9.89 Å². The highest BCUT2D eigenvalue weighted by Gasteiger charge is 2.30. The van der Waals surface area contributed by atoms with Gasteiger partial charge in [0.25, 0.3) is 0 Å². The molecular formula is C20H34N4O2. The lowest BCUT2D eigenvalue weighted by Gasteiger charge is -2.40. The maximum Gasteiger partial charge on any atom is 0.190 e. The van der Waals surface area contributed by atoms with Crippen molar-refractivity contribution in [3.8, 4) is 5.75 Å². The van der Waals surface area contributed by atoms with Crippen LogP contribution in [-0.4, -0.2) is 65.4 Å². The average Bonchev–Trinajstić information content (AvgIpc) is 2.67. The van der Waals surface area contributed by atoms with Gasteiger partial charge in [-0.15, -0.1) is 0 Å². The first-order valence-corrected chi connectivity index (χ1v) is 9.47. The number of aliphatic imine (C=N–C) groups is 1. The predicted molar refractivity (Wildman–Crippen MR) is 107 cm³/mol. The Hall–Kier alpha value is -1.79. The fourth-order valence-corrected chi connectivity index (χ4v) is 3.67. The van der Waals surface area contributed by atoms with Crippen molar-refractivity contribution in [2.45, 2.75) is 25.3 Å². The van der Waals surface area contributed by atoms with E-state index in [1.54, 1.807) is 14.2 Å². The Kier molecular flexibility index (Phi) is 8.71. The Morgan fingerprint density at radius 1 is 1.23 bits per heavy atom. The molecule has 0 amide bonds. The number of ether oxygens (including phenoxy) is 2. The van der Waals surface area contributed by atoms with E-state index in [-0.39, 0.29) is 0 Å². The van der Waals surface area contributed by atoms with E-state index in [1.807, 2.05) is 7.05 Å². The van der Waals surface area contributed by atoms with Crippen LogP contribution in [0.25, 0.3) is 0 Å². The van der Waals surface area contributed by atoms with Crippen molar-refractivity contribution >= 4 is 5.96 Å². The van der Waals surface area contributed by atoms with Gasteiger partial charge in [0.05, 0.1) is 7.11 Å². The Morgan fingerprint density at radius 3 is 2.65 bits per heavy atom. The van der Waals surface area contributed by atoms with Gasteiger partial charge in [0.15, 0.2) is 5.96 Å². The summed E-state index contributed by atoms with van der Waals surface area (Å²) in [6.45, 7) is 3.67. The number of guanidine groups is 1. The molecule has 0 aromatic heterocycles. The fraction of sp³-hybridized carbons (Fsp3) is 0.650. The fourth-order valence-electron chi connectivity index (χ4n) is 3.67. The molecule has 6 heteroatoms. The standard InChI is InChI=1S/C20H34N4O2/c1-21-20(22-12-6-14-25-3)23-15-17-7-5-13-24(2)19(17)16-8-10-18(26-4)11-9-16/h8-11,17,19H,5-7,12-15H2,1-4H3,(H2,21,22,23). The number of piperidine rings is 1. The summed E-state index contributed by atoms with van der Waals surface area (Å²) in [6, 6.07) is 8.90. The van der Waals surface area contributed by atoms with Gasteiger partial charge in [-0.2, -0.15) is 0 Å². The van der Waals surface area contributed by atoms with Crippen LogP contribution >= 0.6 is 0 Å². The molecule has 1 aromatic rings. The summed E-state index contributed by atoms with van der Waals surface area (Å²) in [5, 5.41) is 6.86. The molecule has 1 saturated heterocycles. The van der Waals surface area contributed by atoms with Gasteiger partial charge in [-0.25, -0.2) is 0 Å². The van der Waals surface area contributed by atoms with E-state index in [4.69, 9.17) is 9.47 Å². The molecule has 1 aliphatic rings. The van der Waals surface area contributed by atoms with Crippen molar-refractivity contribution in [1.29, 1.82) is 0 Å². The molecular weight excluding hydrogens is 328 g/mol. The lowest BCUT2D eigenvalue weighted by Crippen LogP contribution is -2.45. The molecule has 1 aliphatic heterocycles. The van der Waals surface area contributed by atoms with Crippen LogP contribution in [0.1, 0.15) is 30.9 Å². The largest absolute Gasteiger partial charge is 0.497 e. The summed E-state index contributed by atoms with van der Waals surface area (Å²) in [5.41, 5.74) is 1.35. The van der Waals surface area contributed by atoms with Crippen LogP contribution in [-0.2, 0) is 4.74 Å². The third-order valence-electron chi connectivity index (χ3n) is 5.04. The maximum absolute atomic E-state index is 5.30. The normalized spacial score (nSPS) is 21.5. The third-order valence-corrected chi connectivity index (χ3v) is 5.04. The van der Waals surface area contributed by atoms with Crippen LogP contribution in [0.5, 0.6) is 5.75 Å². The summed E-state index contributed by atoms with van der Waals surface area (Å²) in [5.74, 6) is 2.31. The van der Waals surface area contributed by atoms with E-state index in [1.165, 1.54) is 18.4 Å². The topological polar surface area (TPSA) is 58.1 Å². The molecule has 2 rings (SSSR count). The van der Waals surface area contributed by atoms with Crippen LogP contribution in [0.4, 0.5) is 0 Å². The molecule has 0 saturated carbocycles. The van der Waals surface area contributed by atoms with Gasteiger partial charge in [0.2, 0.25) is 0 Å². The first-order chi connectivity index (χ1) is 12.7. The maximum atomic E-state index is 5.30. The van der Waals surface area contributed by atoms with Gasteiger partial charge < -0.3 is 20.1 Å². The number of methoxy groups -OCH3 is 2. The molecule has 1 heterocycles. The Morgan fingerprint density at radius 2 is 2.00 bits per heavy atom. The molecule has 0 aliphatic carbocycles. The van der Waals surface area contributed by atoms with E-state index in [9.17, 15) is 0 Å². The van der Waals surface area contributed by atoms with Crippen molar-refractivity contribution in [1.82, 2.24) is 15.5 Å². The van der Waals surface area contributed by atoms with Crippen molar-refractivity contribution in [2.75, 3.05) is 54.6 Å². The van der Waals surface area contributed by atoms with Crippen LogP contribution < -0.4 is 15.4 Å². The molecule has 26 heavy (non-hydrogen) atoms. The van der Waals surface area contributed by atoms with E-state index < -0.39 is 0 Å². The summed E-state index contributed by atoms with van der Waals surface area (Å²) in [4.78, 5) is 6.80. The number of likely N-dealkylation sites (tertiary alicyclic amines) is 1. The van der Waals surface area contributed by atoms with Crippen molar-refractivity contribution in [3.63, 3.8) is 0 Å². The molecule has 6 nitrogen and oxygen atoms in total. The molecule has 1 aromatic carbocycles. The molecule has 1 fully saturated rings. The first-order valence-electron chi connectivity index (χ1n) is 9.47. The summed E-state index contributed by atoms with van der Waals surface area (Å²) in [6.07, 6.45) is 3.42. The average molecular weight is 363 g/mol.